The normalized spacial score (nSPS) is 18.6. The summed E-state index contributed by atoms with van der Waals surface area (Å²) in [5.41, 5.74) is 3.81. The van der Waals surface area contributed by atoms with Gasteiger partial charge in [-0.05, 0) is 38.5 Å². The number of benzene rings is 1. The van der Waals surface area contributed by atoms with Crippen molar-refractivity contribution in [1.29, 1.82) is 0 Å². The van der Waals surface area contributed by atoms with Crippen molar-refractivity contribution in [3.63, 3.8) is 0 Å². The molecule has 2 aromatic heterocycles. The second kappa shape index (κ2) is 7.00. The lowest BCUT2D eigenvalue weighted by atomic mass is 10.1. The van der Waals surface area contributed by atoms with Gasteiger partial charge in [-0.25, -0.2) is 18.4 Å². The van der Waals surface area contributed by atoms with Crippen LogP contribution in [-0.2, 0) is 16.4 Å². The second-order valence-corrected chi connectivity index (χ2v) is 10.0. The summed E-state index contributed by atoms with van der Waals surface area (Å²) in [7, 11) is -0.978. The minimum absolute atomic E-state index is 0.0789. The first-order chi connectivity index (χ1) is 13.2. The highest BCUT2D eigenvalue weighted by Crippen LogP contribution is 2.29. The maximum Gasteiger partial charge on any atom is 0.152 e. The number of fused-ring (bicyclic) bond motifs is 1. The zero-order chi connectivity index (χ0) is 20.1. The van der Waals surface area contributed by atoms with Crippen LogP contribution in [0.2, 0.25) is 5.02 Å². The van der Waals surface area contributed by atoms with Gasteiger partial charge in [-0.15, -0.1) is 0 Å². The van der Waals surface area contributed by atoms with Crippen molar-refractivity contribution in [3.8, 4) is 0 Å². The van der Waals surface area contributed by atoms with Gasteiger partial charge >= 0.3 is 0 Å². The van der Waals surface area contributed by atoms with Crippen molar-refractivity contribution < 1.29 is 8.42 Å². The molecule has 0 saturated carbocycles. The summed E-state index contributed by atoms with van der Waals surface area (Å²) < 4.78 is 25.6. The first-order valence-corrected chi connectivity index (χ1v) is 11.3. The summed E-state index contributed by atoms with van der Waals surface area (Å²) in [4.78, 5) is 10.8. The molecule has 1 unspecified atom stereocenters. The van der Waals surface area contributed by atoms with Gasteiger partial charge in [0.1, 0.15) is 12.1 Å². The Hall–Kier alpha value is -2.19. The average molecular weight is 420 g/mol. The minimum atomic E-state index is -2.96. The highest BCUT2D eigenvalue weighted by Gasteiger charge is 2.31. The molecule has 7 nitrogen and oxygen atoms in total. The lowest BCUT2D eigenvalue weighted by Gasteiger charge is -2.20. The number of aromatic nitrogens is 4. The quantitative estimate of drug-likeness (QED) is 0.646. The fraction of sp³-hybridized carbons (Fsp3) is 0.421. The highest BCUT2D eigenvalue weighted by molar-refractivity contribution is 7.91. The van der Waals surface area contributed by atoms with Gasteiger partial charge in [0, 0.05) is 35.3 Å². The summed E-state index contributed by atoms with van der Waals surface area (Å²) in [6, 6.07) is 5.51. The zero-order valence-electron chi connectivity index (χ0n) is 16.1. The zero-order valence-corrected chi connectivity index (χ0v) is 17.6. The number of hydrogen-bond donors (Lipinski definition) is 0. The topological polar surface area (TPSA) is 81.0 Å². The van der Waals surface area contributed by atoms with E-state index < -0.39 is 9.84 Å². The first kappa shape index (κ1) is 19.1. The third-order valence-electron chi connectivity index (χ3n) is 5.36. The Kier molecular flexibility index (Phi) is 4.79. The molecule has 0 amide bonds. The lowest BCUT2D eigenvalue weighted by molar-refractivity contribution is 0.485. The highest BCUT2D eigenvalue weighted by atomic mass is 35.5. The van der Waals surface area contributed by atoms with Crippen LogP contribution in [0.3, 0.4) is 0 Å². The molecule has 1 aromatic carbocycles. The van der Waals surface area contributed by atoms with E-state index in [0.29, 0.717) is 18.0 Å². The van der Waals surface area contributed by atoms with E-state index >= 15 is 0 Å². The van der Waals surface area contributed by atoms with Crippen molar-refractivity contribution in [2.45, 2.75) is 32.9 Å². The van der Waals surface area contributed by atoms with Crippen LogP contribution < -0.4 is 4.90 Å². The van der Waals surface area contributed by atoms with Gasteiger partial charge in [0.15, 0.2) is 9.84 Å². The average Bonchev–Trinajstić information content (AvgIpc) is 3.14. The maximum absolute atomic E-state index is 11.9. The SMILES string of the molecule is Cc1nn(C2CCS(=O)(=O)C2)c(C)c1CN(C)c1ncnc2cc(Cl)ccc12. The number of halogens is 1. The second-order valence-electron chi connectivity index (χ2n) is 7.37. The molecule has 0 spiro atoms. The Morgan fingerprint density at radius 1 is 1.29 bits per heavy atom. The van der Waals surface area contributed by atoms with E-state index in [0.717, 1.165) is 33.7 Å². The Bertz CT molecular complexity index is 1160. The van der Waals surface area contributed by atoms with Crippen LogP contribution in [-0.4, -0.2) is 46.7 Å². The van der Waals surface area contributed by atoms with Gasteiger partial charge in [0.05, 0.1) is 28.8 Å². The Balaban J connectivity index is 1.65. The van der Waals surface area contributed by atoms with Crippen LogP contribution in [0.4, 0.5) is 5.82 Å². The van der Waals surface area contributed by atoms with E-state index in [1.807, 2.05) is 43.8 Å². The van der Waals surface area contributed by atoms with Crippen molar-refractivity contribution in [1.82, 2.24) is 19.7 Å². The fourth-order valence-electron chi connectivity index (χ4n) is 3.88. The minimum Gasteiger partial charge on any atom is -0.355 e. The van der Waals surface area contributed by atoms with Crippen LogP contribution in [0.5, 0.6) is 0 Å². The van der Waals surface area contributed by atoms with Gasteiger partial charge in [-0.2, -0.15) is 5.10 Å². The molecule has 3 heterocycles. The monoisotopic (exact) mass is 419 g/mol. The third kappa shape index (κ3) is 3.46. The molecule has 0 bridgehead atoms. The van der Waals surface area contributed by atoms with E-state index in [-0.39, 0.29) is 17.5 Å². The Morgan fingerprint density at radius 2 is 2.07 bits per heavy atom. The smallest absolute Gasteiger partial charge is 0.152 e. The van der Waals surface area contributed by atoms with Crippen molar-refractivity contribution in [3.05, 3.63) is 46.5 Å². The van der Waals surface area contributed by atoms with Crippen molar-refractivity contribution in [2.75, 3.05) is 23.5 Å². The standard InChI is InChI=1S/C19H22ClN5O2S/c1-12-17(13(2)25(23-12)15-6-7-28(26,27)10-15)9-24(3)19-16-5-4-14(20)8-18(16)21-11-22-19/h4-5,8,11,15H,6-7,9-10H2,1-3H3. The summed E-state index contributed by atoms with van der Waals surface area (Å²) in [5, 5.41) is 6.22. The molecule has 28 heavy (non-hydrogen) atoms. The molecule has 1 aliphatic heterocycles. The van der Waals surface area contributed by atoms with Crippen LogP contribution >= 0.6 is 11.6 Å². The molecule has 0 aliphatic carbocycles. The molecule has 3 aromatic rings. The van der Waals surface area contributed by atoms with Crippen molar-refractivity contribution in [2.24, 2.45) is 0 Å². The number of aryl methyl sites for hydroxylation is 1. The fourth-order valence-corrected chi connectivity index (χ4v) is 5.74. The van der Waals surface area contributed by atoms with Crippen LogP contribution in [0.1, 0.15) is 29.4 Å². The molecule has 1 fully saturated rings. The lowest BCUT2D eigenvalue weighted by Crippen LogP contribution is -2.19. The number of nitrogens with zero attached hydrogens (tertiary/aromatic N) is 5. The molecule has 0 radical (unpaired) electrons. The van der Waals surface area contributed by atoms with Crippen LogP contribution in [0, 0.1) is 13.8 Å². The Labute approximate surface area is 169 Å². The van der Waals surface area contributed by atoms with Gasteiger partial charge in [0.2, 0.25) is 0 Å². The largest absolute Gasteiger partial charge is 0.355 e. The molecule has 1 aliphatic rings. The van der Waals surface area contributed by atoms with Crippen molar-refractivity contribution >= 4 is 38.2 Å². The van der Waals surface area contributed by atoms with E-state index in [1.165, 1.54) is 6.33 Å². The molecule has 4 rings (SSSR count). The summed E-state index contributed by atoms with van der Waals surface area (Å²) in [5.74, 6) is 1.22. The molecular weight excluding hydrogens is 398 g/mol. The van der Waals surface area contributed by atoms with Gasteiger partial charge in [-0.1, -0.05) is 11.6 Å². The van der Waals surface area contributed by atoms with E-state index in [1.54, 1.807) is 0 Å². The number of sulfone groups is 1. The summed E-state index contributed by atoms with van der Waals surface area (Å²) in [6.07, 6.45) is 2.16. The molecule has 9 heteroatoms. The number of rotatable bonds is 4. The number of hydrogen-bond acceptors (Lipinski definition) is 6. The van der Waals surface area contributed by atoms with E-state index in [4.69, 9.17) is 11.6 Å². The maximum atomic E-state index is 11.9. The van der Waals surface area contributed by atoms with Gasteiger partial charge in [0.25, 0.3) is 0 Å². The predicted molar refractivity (Wildman–Crippen MR) is 111 cm³/mol. The molecule has 1 atom stereocenters. The van der Waals surface area contributed by atoms with Crippen LogP contribution in [0.15, 0.2) is 24.5 Å². The summed E-state index contributed by atoms with van der Waals surface area (Å²) >= 11 is 6.08. The molecule has 1 saturated heterocycles. The van der Waals surface area contributed by atoms with E-state index in [9.17, 15) is 8.42 Å². The first-order valence-electron chi connectivity index (χ1n) is 9.11. The predicted octanol–water partition coefficient (Wildman–Crippen LogP) is 3.09. The molecule has 0 N–H and O–H groups in total. The van der Waals surface area contributed by atoms with Gasteiger partial charge < -0.3 is 4.90 Å². The van der Waals surface area contributed by atoms with Crippen LogP contribution in [0.25, 0.3) is 10.9 Å². The number of anilines is 1. The molecule has 148 valence electrons. The van der Waals surface area contributed by atoms with Gasteiger partial charge in [-0.3, -0.25) is 4.68 Å². The Morgan fingerprint density at radius 3 is 2.79 bits per heavy atom. The third-order valence-corrected chi connectivity index (χ3v) is 7.35. The summed E-state index contributed by atoms with van der Waals surface area (Å²) in [6.45, 7) is 4.59. The van der Waals surface area contributed by atoms with E-state index in [2.05, 4.69) is 20.0 Å². The molecular formula is C19H22ClN5O2S.